The molecule has 0 aromatic heterocycles. The van der Waals surface area contributed by atoms with E-state index in [-0.39, 0.29) is 30.5 Å². The molecule has 0 spiro atoms. The molecule has 3 aromatic rings. The number of hydrogen-bond acceptors (Lipinski definition) is 5. The van der Waals surface area contributed by atoms with Gasteiger partial charge in [0.1, 0.15) is 17.4 Å². The highest BCUT2D eigenvalue weighted by molar-refractivity contribution is 6.00. The summed E-state index contributed by atoms with van der Waals surface area (Å²) in [5.74, 6) is -1.26. The molecule has 0 bridgehead atoms. The molecule has 0 radical (unpaired) electrons. The van der Waals surface area contributed by atoms with Gasteiger partial charge in [-0.3, -0.25) is 9.59 Å². The van der Waals surface area contributed by atoms with Gasteiger partial charge in [0.25, 0.3) is 11.8 Å². The SMILES string of the molecule is CCCN(CCC)C(=O)c1cc(C)cc(C(=O)N[C@@H](Cc2cc(F)cc(F)c2)[C@H](O)CNC2CCCc3c(OC)cccc32)c1. The van der Waals surface area contributed by atoms with Crippen molar-refractivity contribution in [3.05, 3.63) is 99.6 Å². The van der Waals surface area contributed by atoms with Gasteiger partial charge in [-0.15, -0.1) is 0 Å². The van der Waals surface area contributed by atoms with E-state index in [4.69, 9.17) is 4.74 Å². The second-order valence-corrected chi connectivity index (χ2v) is 11.9. The van der Waals surface area contributed by atoms with E-state index in [0.717, 1.165) is 60.6 Å². The number of aliphatic hydroxyl groups is 1. The van der Waals surface area contributed by atoms with Gasteiger partial charge in [-0.05, 0) is 104 Å². The summed E-state index contributed by atoms with van der Waals surface area (Å²) in [6.45, 7) is 7.21. The van der Waals surface area contributed by atoms with E-state index in [1.807, 2.05) is 32.9 Å². The average Bonchev–Trinajstić information content (AvgIpc) is 3.01. The minimum absolute atomic E-state index is 0.00325. The van der Waals surface area contributed by atoms with Crippen LogP contribution in [-0.4, -0.2) is 60.7 Å². The molecule has 3 atom stereocenters. The van der Waals surface area contributed by atoms with Crippen LogP contribution < -0.4 is 15.4 Å². The number of methoxy groups -OCH3 is 1. The molecule has 0 fully saturated rings. The summed E-state index contributed by atoms with van der Waals surface area (Å²) in [4.78, 5) is 28.7. The molecule has 2 amide bonds. The highest BCUT2D eigenvalue weighted by Gasteiger charge is 2.27. The molecular weight excluding hydrogens is 576 g/mol. The first kappa shape index (κ1) is 34.1. The van der Waals surface area contributed by atoms with E-state index in [9.17, 15) is 23.5 Å². The van der Waals surface area contributed by atoms with Gasteiger partial charge in [0.2, 0.25) is 0 Å². The van der Waals surface area contributed by atoms with Crippen LogP contribution in [0.3, 0.4) is 0 Å². The van der Waals surface area contributed by atoms with Crippen LogP contribution in [0, 0.1) is 18.6 Å². The van der Waals surface area contributed by atoms with Crippen LogP contribution in [0.1, 0.15) is 88.5 Å². The van der Waals surface area contributed by atoms with Crippen molar-refractivity contribution >= 4 is 11.8 Å². The summed E-state index contributed by atoms with van der Waals surface area (Å²) in [5, 5.41) is 17.8. The third-order valence-corrected chi connectivity index (χ3v) is 8.28. The van der Waals surface area contributed by atoms with Gasteiger partial charge in [-0.1, -0.05) is 26.0 Å². The van der Waals surface area contributed by atoms with Gasteiger partial charge in [0.15, 0.2) is 0 Å². The second-order valence-electron chi connectivity index (χ2n) is 11.9. The minimum Gasteiger partial charge on any atom is -0.496 e. The Morgan fingerprint density at radius 2 is 1.71 bits per heavy atom. The first-order valence-electron chi connectivity index (χ1n) is 15.9. The molecule has 0 saturated heterocycles. The first-order valence-corrected chi connectivity index (χ1v) is 15.9. The van der Waals surface area contributed by atoms with Gasteiger partial charge < -0.3 is 25.4 Å². The van der Waals surface area contributed by atoms with Crippen LogP contribution in [0.25, 0.3) is 0 Å². The maximum absolute atomic E-state index is 14.1. The lowest BCUT2D eigenvalue weighted by atomic mass is 9.87. The molecule has 9 heteroatoms. The third-order valence-electron chi connectivity index (χ3n) is 8.28. The van der Waals surface area contributed by atoms with Crippen molar-refractivity contribution in [1.82, 2.24) is 15.5 Å². The Hall–Kier alpha value is -3.82. The molecule has 7 nitrogen and oxygen atoms in total. The van der Waals surface area contributed by atoms with Crippen LogP contribution in [-0.2, 0) is 12.8 Å². The Morgan fingerprint density at radius 1 is 1.02 bits per heavy atom. The van der Waals surface area contributed by atoms with E-state index >= 15 is 0 Å². The zero-order valence-electron chi connectivity index (χ0n) is 26.7. The molecule has 1 unspecified atom stereocenters. The fraction of sp³-hybridized carbons (Fsp3) is 0.444. The summed E-state index contributed by atoms with van der Waals surface area (Å²) in [7, 11) is 1.65. The summed E-state index contributed by atoms with van der Waals surface area (Å²) in [6.07, 6.45) is 3.26. The van der Waals surface area contributed by atoms with Crippen LogP contribution in [0.5, 0.6) is 5.75 Å². The highest BCUT2D eigenvalue weighted by atomic mass is 19.1. The maximum atomic E-state index is 14.1. The summed E-state index contributed by atoms with van der Waals surface area (Å²) >= 11 is 0. The zero-order valence-corrected chi connectivity index (χ0v) is 26.7. The second kappa shape index (κ2) is 16.0. The largest absolute Gasteiger partial charge is 0.496 e. The molecule has 3 aromatic carbocycles. The van der Waals surface area contributed by atoms with Crippen molar-refractivity contribution in [1.29, 1.82) is 0 Å². The van der Waals surface area contributed by atoms with Gasteiger partial charge in [0, 0.05) is 42.9 Å². The lowest BCUT2D eigenvalue weighted by molar-refractivity contribution is 0.0755. The Kier molecular flexibility index (Phi) is 12.1. The van der Waals surface area contributed by atoms with Crippen molar-refractivity contribution in [2.45, 2.75) is 77.5 Å². The van der Waals surface area contributed by atoms with Gasteiger partial charge >= 0.3 is 0 Å². The molecule has 4 rings (SSSR count). The Balaban J connectivity index is 1.56. The van der Waals surface area contributed by atoms with E-state index in [2.05, 4.69) is 16.7 Å². The number of ether oxygens (including phenoxy) is 1. The first-order chi connectivity index (χ1) is 21.6. The molecule has 1 aliphatic rings. The van der Waals surface area contributed by atoms with E-state index in [0.29, 0.717) is 24.2 Å². The molecule has 1 aliphatic carbocycles. The lowest BCUT2D eigenvalue weighted by Crippen LogP contribution is -2.49. The topological polar surface area (TPSA) is 90.9 Å². The van der Waals surface area contributed by atoms with E-state index in [1.54, 1.807) is 30.2 Å². The molecule has 0 heterocycles. The van der Waals surface area contributed by atoms with Crippen molar-refractivity contribution in [3.8, 4) is 5.75 Å². The van der Waals surface area contributed by atoms with Crippen LogP contribution >= 0.6 is 0 Å². The summed E-state index contributed by atoms with van der Waals surface area (Å²) in [5.41, 5.74) is 3.99. The van der Waals surface area contributed by atoms with E-state index in [1.165, 1.54) is 12.1 Å². The van der Waals surface area contributed by atoms with Crippen LogP contribution in [0.15, 0.2) is 54.6 Å². The van der Waals surface area contributed by atoms with Gasteiger partial charge in [-0.2, -0.15) is 0 Å². The number of halogens is 2. The van der Waals surface area contributed by atoms with Gasteiger partial charge in [-0.25, -0.2) is 8.78 Å². The lowest BCUT2D eigenvalue weighted by Gasteiger charge is -2.30. The molecule has 242 valence electrons. The fourth-order valence-electron chi connectivity index (χ4n) is 6.22. The molecular formula is C36H45F2N3O4. The number of carbonyl (C=O) groups is 2. The average molecular weight is 622 g/mol. The number of rotatable bonds is 14. The molecule has 0 saturated carbocycles. The number of nitrogens with one attached hydrogen (secondary N) is 2. The van der Waals surface area contributed by atoms with Crippen LogP contribution in [0.2, 0.25) is 0 Å². The van der Waals surface area contributed by atoms with Crippen molar-refractivity contribution in [2.75, 3.05) is 26.7 Å². The van der Waals surface area contributed by atoms with Crippen molar-refractivity contribution in [3.63, 3.8) is 0 Å². The number of carbonyl (C=O) groups excluding carboxylic acids is 2. The predicted octanol–water partition coefficient (Wildman–Crippen LogP) is 5.91. The highest BCUT2D eigenvalue weighted by Crippen LogP contribution is 2.35. The molecule has 45 heavy (non-hydrogen) atoms. The fourth-order valence-corrected chi connectivity index (χ4v) is 6.22. The Bertz CT molecular complexity index is 1450. The maximum Gasteiger partial charge on any atom is 0.253 e. The number of amides is 2. The minimum atomic E-state index is -1.09. The van der Waals surface area contributed by atoms with Gasteiger partial charge in [0.05, 0.1) is 19.3 Å². The predicted molar refractivity (Wildman–Crippen MR) is 172 cm³/mol. The third kappa shape index (κ3) is 8.89. The number of aliphatic hydroxyl groups excluding tert-OH is 1. The van der Waals surface area contributed by atoms with Crippen molar-refractivity contribution in [2.24, 2.45) is 0 Å². The Morgan fingerprint density at radius 3 is 2.38 bits per heavy atom. The monoisotopic (exact) mass is 621 g/mol. The summed E-state index contributed by atoms with van der Waals surface area (Å²) in [6, 6.07) is 13.2. The quantitative estimate of drug-likeness (QED) is 0.208. The normalized spacial score (nSPS) is 15.6. The number of nitrogens with zero attached hydrogens (tertiary/aromatic N) is 1. The zero-order chi connectivity index (χ0) is 32.5. The molecule has 3 N–H and O–H groups in total. The van der Waals surface area contributed by atoms with Crippen LogP contribution in [0.4, 0.5) is 8.78 Å². The Labute approximate surface area is 265 Å². The van der Waals surface area contributed by atoms with Crippen molar-refractivity contribution < 1.29 is 28.2 Å². The number of benzene rings is 3. The van der Waals surface area contributed by atoms with E-state index < -0.39 is 29.7 Å². The number of fused-ring (bicyclic) bond motifs is 1. The number of hydrogen-bond donors (Lipinski definition) is 3. The standard InChI is InChI=1S/C36H45F2N3O4/c1-5-13-41(14-6-2)36(44)26-16-23(3)15-25(20-26)35(43)40-32(19-24-17-27(37)21-28(38)18-24)33(42)22-39-31-11-7-10-30-29(31)9-8-12-34(30)45-4/h8-9,12,15-18,20-21,31-33,39,42H,5-7,10-11,13-14,19,22H2,1-4H3,(H,40,43)/t31?,32-,33+/m0/s1. The summed E-state index contributed by atoms with van der Waals surface area (Å²) < 4.78 is 33.7. The molecule has 0 aliphatic heterocycles. The smallest absolute Gasteiger partial charge is 0.253 e. The number of aryl methyl sites for hydroxylation is 1.